The van der Waals surface area contributed by atoms with Gasteiger partial charge in [-0.15, -0.1) is 0 Å². The minimum atomic E-state index is -3.54. The van der Waals surface area contributed by atoms with Crippen LogP contribution in [0.3, 0.4) is 0 Å². The first kappa shape index (κ1) is 22.7. The summed E-state index contributed by atoms with van der Waals surface area (Å²) in [5.41, 5.74) is 0.686. The van der Waals surface area contributed by atoms with Gasteiger partial charge in [-0.25, -0.2) is 13.1 Å². The van der Waals surface area contributed by atoms with Gasteiger partial charge in [0.25, 0.3) is 5.91 Å². The van der Waals surface area contributed by atoms with E-state index < -0.39 is 10.0 Å². The highest BCUT2D eigenvalue weighted by atomic mass is 32.2. The lowest BCUT2D eigenvalue weighted by Gasteiger charge is -2.21. The van der Waals surface area contributed by atoms with Gasteiger partial charge in [0.1, 0.15) is 5.75 Å². The largest absolute Gasteiger partial charge is 0.484 e. The highest BCUT2D eigenvalue weighted by Gasteiger charge is 2.17. The first-order valence-electron chi connectivity index (χ1n) is 10.3. The summed E-state index contributed by atoms with van der Waals surface area (Å²) in [4.78, 5) is 12.4. The van der Waals surface area contributed by atoms with Crippen molar-refractivity contribution in [1.82, 2.24) is 10.0 Å². The number of aryl methyl sites for hydroxylation is 1. The molecular formula is C21H34N2O4S. The van der Waals surface area contributed by atoms with E-state index in [2.05, 4.69) is 10.0 Å². The summed E-state index contributed by atoms with van der Waals surface area (Å²) in [6.07, 6.45) is 8.15. The summed E-state index contributed by atoms with van der Waals surface area (Å²) in [6.45, 7) is 6.01. The molecular weight excluding hydrogens is 376 g/mol. The van der Waals surface area contributed by atoms with Crippen LogP contribution in [0.25, 0.3) is 0 Å². The van der Waals surface area contributed by atoms with Gasteiger partial charge in [0.2, 0.25) is 10.0 Å². The number of rotatable bonds is 8. The third-order valence-corrected chi connectivity index (χ3v) is 6.39. The lowest BCUT2D eigenvalue weighted by atomic mass is 9.97. The molecule has 6 nitrogen and oxygen atoms in total. The van der Waals surface area contributed by atoms with Crippen LogP contribution < -0.4 is 14.8 Å². The molecule has 28 heavy (non-hydrogen) atoms. The summed E-state index contributed by atoms with van der Waals surface area (Å²) in [5, 5.41) is 3.07. The van der Waals surface area contributed by atoms with Crippen molar-refractivity contribution < 1.29 is 17.9 Å². The van der Waals surface area contributed by atoms with Crippen LogP contribution in [-0.2, 0) is 14.8 Å². The third-order valence-electron chi connectivity index (χ3n) is 4.97. The van der Waals surface area contributed by atoms with Gasteiger partial charge in [0.05, 0.1) is 4.90 Å². The number of sulfonamides is 1. The number of hydrogen-bond acceptors (Lipinski definition) is 4. The highest BCUT2D eigenvalue weighted by Crippen LogP contribution is 2.22. The lowest BCUT2D eigenvalue weighted by Crippen LogP contribution is -2.38. The molecule has 0 spiro atoms. The van der Waals surface area contributed by atoms with Crippen LogP contribution in [0.4, 0.5) is 0 Å². The summed E-state index contributed by atoms with van der Waals surface area (Å²) < 4.78 is 32.9. The Morgan fingerprint density at radius 3 is 2.39 bits per heavy atom. The average Bonchev–Trinajstić information content (AvgIpc) is 2.61. The van der Waals surface area contributed by atoms with Crippen LogP contribution in [0.1, 0.15) is 64.4 Å². The lowest BCUT2D eigenvalue weighted by molar-refractivity contribution is -0.123. The van der Waals surface area contributed by atoms with Crippen molar-refractivity contribution in [1.29, 1.82) is 0 Å². The molecule has 1 amide bonds. The molecule has 0 unspecified atom stereocenters. The van der Waals surface area contributed by atoms with E-state index in [1.165, 1.54) is 25.3 Å². The second-order valence-corrected chi connectivity index (χ2v) is 9.84. The molecule has 1 aromatic rings. The van der Waals surface area contributed by atoms with Crippen molar-refractivity contribution in [3.63, 3.8) is 0 Å². The number of nitrogens with one attached hydrogen (secondary N) is 2. The highest BCUT2D eigenvalue weighted by molar-refractivity contribution is 7.89. The van der Waals surface area contributed by atoms with E-state index in [9.17, 15) is 13.2 Å². The van der Waals surface area contributed by atoms with Gasteiger partial charge in [0, 0.05) is 12.6 Å². The Balaban J connectivity index is 1.89. The zero-order valence-corrected chi connectivity index (χ0v) is 18.1. The predicted octanol–water partition coefficient (Wildman–Crippen LogP) is 3.54. The van der Waals surface area contributed by atoms with E-state index in [4.69, 9.17) is 4.74 Å². The van der Waals surface area contributed by atoms with Gasteiger partial charge in [-0.1, -0.05) is 46.0 Å². The molecule has 1 fully saturated rings. The van der Waals surface area contributed by atoms with Crippen molar-refractivity contribution in [2.75, 3.05) is 13.2 Å². The van der Waals surface area contributed by atoms with Crippen LogP contribution in [0, 0.1) is 12.8 Å². The molecule has 2 N–H and O–H groups in total. The van der Waals surface area contributed by atoms with Gasteiger partial charge >= 0.3 is 0 Å². The zero-order chi connectivity index (χ0) is 20.6. The molecule has 0 heterocycles. The molecule has 0 aromatic heterocycles. The van der Waals surface area contributed by atoms with E-state index >= 15 is 0 Å². The monoisotopic (exact) mass is 410 g/mol. The van der Waals surface area contributed by atoms with Gasteiger partial charge in [-0.05, 0) is 49.4 Å². The second kappa shape index (κ2) is 10.8. The maximum atomic E-state index is 12.3. The van der Waals surface area contributed by atoms with E-state index in [1.54, 1.807) is 19.1 Å². The second-order valence-electron chi connectivity index (χ2n) is 8.07. The molecule has 1 aromatic carbocycles. The van der Waals surface area contributed by atoms with Crippen molar-refractivity contribution in [3.05, 3.63) is 23.8 Å². The fourth-order valence-corrected chi connectivity index (χ4v) is 4.62. The van der Waals surface area contributed by atoms with Crippen molar-refractivity contribution in [2.45, 2.75) is 76.7 Å². The standard InChI is InChI=1S/C21H34N2O4S/c1-16(2)14-22-28(25,26)19-11-12-20(17(3)13-19)27-15-21(24)23-18-9-7-5-4-6-8-10-18/h11-13,16,18,22H,4-10,14-15H2,1-3H3,(H,23,24). The Morgan fingerprint density at radius 2 is 1.79 bits per heavy atom. The topological polar surface area (TPSA) is 84.5 Å². The van der Waals surface area contributed by atoms with Crippen molar-refractivity contribution in [2.24, 2.45) is 5.92 Å². The van der Waals surface area contributed by atoms with Crippen LogP contribution in [-0.4, -0.2) is 33.5 Å². The normalized spacial score (nSPS) is 16.4. The number of carbonyl (C=O) groups excluding carboxylic acids is 1. The van der Waals surface area contributed by atoms with E-state index in [1.807, 2.05) is 13.8 Å². The van der Waals surface area contributed by atoms with Crippen LogP contribution >= 0.6 is 0 Å². The molecule has 1 aliphatic rings. The number of amides is 1. The molecule has 7 heteroatoms. The Morgan fingerprint density at radius 1 is 1.14 bits per heavy atom. The predicted molar refractivity (Wildman–Crippen MR) is 111 cm³/mol. The molecule has 0 atom stereocenters. The maximum Gasteiger partial charge on any atom is 0.258 e. The maximum absolute atomic E-state index is 12.3. The Kier molecular flexibility index (Phi) is 8.76. The quantitative estimate of drug-likeness (QED) is 0.686. The summed E-state index contributed by atoms with van der Waals surface area (Å²) in [6, 6.07) is 4.93. The molecule has 0 saturated heterocycles. The number of hydrogen-bond donors (Lipinski definition) is 2. The van der Waals surface area contributed by atoms with Gasteiger partial charge < -0.3 is 10.1 Å². The fraction of sp³-hybridized carbons (Fsp3) is 0.667. The van der Waals surface area contributed by atoms with Crippen molar-refractivity contribution >= 4 is 15.9 Å². The van der Waals surface area contributed by atoms with Crippen LogP contribution in [0.2, 0.25) is 0 Å². The Labute approximate surface area is 169 Å². The average molecular weight is 411 g/mol. The first-order valence-corrected chi connectivity index (χ1v) is 11.8. The summed E-state index contributed by atoms with van der Waals surface area (Å²) >= 11 is 0. The SMILES string of the molecule is Cc1cc(S(=O)(=O)NCC(C)C)ccc1OCC(=O)NC1CCCCCCC1. The smallest absolute Gasteiger partial charge is 0.258 e. The fourth-order valence-electron chi connectivity index (χ4n) is 3.32. The van der Waals surface area contributed by atoms with E-state index in [-0.39, 0.29) is 29.4 Å². The van der Waals surface area contributed by atoms with Gasteiger partial charge in [-0.2, -0.15) is 0 Å². The summed E-state index contributed by atoms with van der Waals surface area (Å²) in [5.74, 6) is 0.630. The molecule has 1 aliphatic carbocycles. The molecule has 0 radical (unpaired) electrons. The Hall–Kier alpha value is -1.60. The van der Waals surface area contributed by atoms with Gasteiger partial charge in [-0.3, -0.25) is 4.79 Å². The van der Waals surface area contributed by atoms with Crippen LogP contribution in [0.5, 0.6) is 5.75 Å². The number of ether oxygens (including phenoxy) is 1. The molecule has 0 bridgehead atoms. The first-order chi connectivity index (χ1) is 13.3. The third kappa shape index (κ3) is 7.43. The molecule has 2 rings (SSSR count). The molecule has 158 valence electrons. The zero-order valence-electron chi connectivity index (χ0n) is 17.3. The molecule has 0 aliphatic heterocycles. The molecule has 1 saturated carbocycles. The minimum Gasteiger partial charge on any atom is -0.484 e. The van der Waals surface area contributed by atoms with Crippen molar-refractivity contribution in [3.8, 4) is 5.75 Å². The van der Waals surface area contributed by atoms with Gasteiger partial charge in [0.15, 0.2) is 6.61 Å². The van der Waals surface area contributed by atoms with E-state index in [0.717, 1.165) is 25.7 Å². The minimum absolute atomic E-state index is 0.0605. The van der Waals surface area contributed by atoms with Crippen LogP contribution in [0.15, 0.2) is 23.1 Å². The Bertz CT molecular complexity index is 739. The number of benzene rings is 1. The summed E-state index contributed by atoms with van der Waals surface area (Å²) in [7, 11) is -3.54. The van der Waals surface area contributed by atoms with E-state index in [0.29, 0.717) is 17.9 Å². The number of carbonyl (C=O) groups is 1.